The number of halogens is 1. The van der Waals surface area contributed by atoms with Crippen LogP contribution in [0.1, 0.15) is 12.5 Å². The second-order valence-corrected chi connectivity index (χ2v) is 3.84. The van der Waals surface area contributed by atoms with Gasteiger partial charge in [-0.25, -0.2) is 14.1 Å². The highest BCUT2D eigenvalue weighted by Gasteiger charge is 2.11. The van der Waals surface area contributed by atoms with Gasteiger partial charge in [0.2, 0.25) is 0 Å². The van der Waals surface area contributed by atoms with E-state index in [0.29, 0.717) is 23.6 Å². The molecular weight excluding hydrogens is 217 g/mol. The highest BCUT2D eigenvalue weighted by Crippen LogP contribution is 2.26. The van der Waals surface area contributed by atoms with Crippen molar-refractivity contribution in [3.63, 3.8) is 0 Å². The molecule has 0 fully saturated rings. The highest BCUT2D eigenvalue weighted by molar-refractivity contribution is 5.63. The van der Waals surface area contributed by atoms with Crippen LogP contribution in [0.4, 0.5) is 10.2 Å². The first-order valence-corrected chi connectivity index (χ1v) is 5.46. The Bertz CT molecular complexity index is 558. The molecule has 1 heterocycles. The summed E-state index contributed by atoms with van der Waals surface area (Å²) in [6, 6.07) is 6.84. The van der Waals surface area contributed by atoms with Crippen molar-refractivity contribution >= 4 is 12.5 Å². The molecule has 2 aromatic rings. The molecule has 0 aliphatic carbocycles. The number of rotatable bonds is 3. The van der Waals surface area contributed by atoms with Gasteiger partial charge >= 0.3 is 0 Å². The highest BCUT2D eigenvalue weighted by atomic mass is 19.1. The predicted molar refractivity (Wildman–Crippen MR) is 67.2 cm³/mol. The van der Waals surface area contributed by atoms with E-state index in [2.05, 4.69) is 16.8 Å². The Morgan fingerprint density at radius 1 is 1.41 bits per heavy atom. The largest absolute Gasteiger partial charge is 0.248 e. The van der Waals surface area contributed by atoms with E-state index in [1.165, 1.54) is 6.07 Å². The lowest BCUT2D eigenvalue weighted by Crippen LogP contribution is -1.96. The lowest BCUT2D eigenvalue weighted by molar-refractivity contribution is 0.626. The molecule has 1 aromatic carbocycles. The van der Waals surface area contributed by atoms with E-state index in [0.717, 1.165) is 5.56 Å². The number of hydrogen-bond acceptors (Lipinski definition) is 2. The zero-order chi connectivity index (χ0) is 12.4. The summed E-state index contributed by atoms with van der Waals surface area (Å²) in [4.78, 5) is 3.86. The molecule has 0 bridgehead atoms. The fourth-order valence-electron chi connectivity index (χ4n) is 1.73. The smallest absolute Gasteiger partial charge is 0.150 e. The number of benzene rings is 1. The van der Waals surface area contributed by atoms with Gasteiger partial charge in [0.15, 0.2) is 0 Å². The molecule has 0 aliphatic rings. The Morgan fingerprint density at radius 2 is 2.18 bits per heavy atom. The monoisotopic (exact) mass is 231 g/mol. The zero-order valence-corrected chi connectivity index (χ0v) is 9.94. The molecule has 0 saturated heterocycles. The zero-order valence-electron chi connectivity index (χ0n) is 9.94. The topological polar surface area (TPSA) is 30.2 Å². The van der Waals surface area contributed by atoms with Crippen molar-refractivity contribution in [1.82, 2.24) is 9.78 Å². The van der Waals surface area contributed by atoms with Crippen LogP contribution in [-0.2, 0) is 6.54 Å². The molecule has 3 nitrogen and oxygen atoms in total. The van der Waals surface area contributed by atoms with E-state index in [9.17, 15) is 4.39 Å². The average molecular weight is 231 g/mol. The van der Waals surface area contributed by atoms with Gasteiger partial charge < -0.3 is 0 Å². The number of aromatic nitrogens is 2. The quantitative estimate of drug-likeness (QED) is 0.745. The summed E-state index contributed by atoms with van der Waals surface area (Å²) in [5.74, 6) is 0.392. The molecule has 1 aromatic heterocycles. The standard InChI is InChI=1S/C13H14FN3/c1-4-17-13(15-3)8-12(16-17)10-6-5-9(2)7-11(10)14/h5-8H,3-4H2,1-2H3. The molecule has 0 radical (unpaired) electrons. The van der Waals surface area contributed by atoms with Gasteiger partial charge in [0.25, 0.3) is 0 Å². The maximum atomic E-state index is 13.8. The SMILES string of the molecule is C=Nc1cc(-c2ccc(C)cc2F)nn1CC. The third kappa shape index (κ3) is 2.11. The van der Waals surface area contributed by atoms with Crippen molar-refractivity contribution in [3.05, 3.63) is 35.6 Å². The van der Waals surface area contributed by atoms with Crippen molar-refractivity contribution in [2.24, 2.45) is 4.99 Å². The van der Waals surface area contributed by atoms with E-state index in [-0.39, 0.29) is 5.82 Å². The minimum Gasteiger partial charge on any atom is -0.248 e. The van der Waals surface area contributed by atoms with Gasteiger partial charge in [0.1, 0.15) is 11.6 Å². The van der Waals surface area contributed by atoms with E-state index in [1.54, 1.807) is 16.8 Å². The summed E-state index contributed by atoms with van der Waals surface area (Å²) in [7, 11) is 0. The fraction of sp³-hybridized carbons (Fsp3) is 0.231. The number of hydrogen-bond donors (Lipinski definition) is 0. The van der Waals surface area contributed by atoms with Crippen molar-refractivity contribution in [2.45, 2.75) is 20.4 Å². The second-order valence-electron chi connectivity index (χ2n) is 3.84. The van der Waals surface area contributed by atoms with Crippen LogP contribution in [0.25, 0.3) is 11.3 Å². The third-order valence-corrected chi connectivity index (χ3v) is 2.62. The van der Waals surface area contributed by atoms with Crippen LogP contribution < -0.4 is 0 Å². The van der Waals surface area contributed by atoms with Gasteiger partial charge in [-0.1, -0.05) is 6.07 Å². The molecule has 17 heavy (non-hydrogen) atoms. The average Bonchev–Trinajstić information content (AvgIpc) is 2.72. The number of nitrogens with zero attached hydrogens (tertiary/aromatic N) is 3. The van der Waals surface area contributed by atoms with Crippen molar-refractivity contribution in [3.8, 4) is 11.3 Å². The number of aryl methyl sites for hydroxylation is 2. The Kier molecular flexibility index (Phi) is 3.04. The van der Waals surface area contributed by atoms with Crippen LogP contribution in [0.5, 0.6) is 0 Å². The summed E-state index contributed by atoms with van der Waals surface area (Å²) in [5.41, 5.74) is 1.97. The van der Waals surface area contributed by atoms with Crippen molar-refractivity contribution in [2.75, 3.05) is 0 Å². The summed E-state index contributed by atoms with van der Waals surface area (Å²) in [6.45, 7) is 7.97. The Hall–Kier alpha value is -1.97. The van der Waals surface area contributed by atoms with Crippen LogP contribution in [0.2, 0.25) is 0 Å². The van der Waals surface area contributed by atoms with Gasteiger partial charge in [-0.2, -0.15) is 5.10 Å². The van der Waals surface area contributed by atoms with E-state index in [4.69, 9.17) is 0 Å². The molecule has 2 rings (SSSR count). The fourth-order valence-corrected chi connectivity index (χ4v) is 1.73. The van der Waals surface area contributed by atoms with Crippen LogP contribution >= 0.6 is 0 Å². The van der Waals surface area contributed by atoms with Gasteiger partial charge in [-0.3, -0.25) is 0 Å². The molecule has 0 atom stereocenters. The van der Waals surface area contributed by atoms with E-state index >= 15 is 0 Å². The van der Waals surface area contributed by atoms with Crippen LogP contribution in [0.3, 0.4) is 0 Å². The first-order chi connectivity index (χ1) is 8.15. The molecule has 0 unspecified atom stereocenters. The predicted octanol–water partition coefficient (Wildman–Crippen LogP) is 3.35. The lowest BCUT2D eigenvalue weighted by atomic mass is 10.1. The van der Waals surface area contributed by atoms with Gasteiger partial charge in [-0.15, -0.1) is 0 Å². The molecule has 0 saturated carbocycles. The van der Waals surface area contributed by atoms with Crippen molar-refractivity contribution in [1.29, 1.82) is 0 Å². The first kappa shape index (κ1) is 11.5. The second kappa shape index (κ2) is 4.49. The number of aliphatic imine (C=N–C) groups is 1. The molecule has 0 amide bonds. The molecule has 0 spiro atoms. The minimum absolute atomic E-state index is 0.263. The first-order valence-electron chi connectivity index (χ1n) is 5.46. The summed E-state index contributed by atoms with van der Waals surface area (Å²) in [6.07, 6.45) is 0. The van der Waals surface area contributed by atoms with Crippen LogP contribution in [-0.4, -0.2) is 16.5 Å². The van der Waals surface area contributed by atoms with Crippen LogP contribution in [0.15, 0.2) is 29.3 Å². The summed E-state index contributed by atoms with van der Waals surface area (Å²) >= 11 is 0. The molecule has 0 aliphatic heterocycles. The van der Waals surface area contributed by atoms with E-state index in [1.807, 2.05) is 19.9 Å². The molecule has 88 valence electrons. The van der Waals surface area contributed by atoms with Crippen LogP contribution in [0, 0.1) is 12.7 Å². The maximum absolute atomic E-state index is 13.8. The molecular formula is C13H14FN3. The van der Waals surface area contributed by atoms with Gasteiger partial charge in [0, 0.05) is 18.2 Å². The molecule has 4 heteroatoms. The van der Waals surface area contributed by atoms with Crippen molar-refractivity contribution < 1.29 is 4.39 Å². The Labute approximate surface area is 99.6 Å². The Morgan fingerprint density at radius 3 is 2.71 bits per heavy atom. The molecule has 0 N–H and O–H groups in total. The third-order valence-electron chi connectivity index (χ3n) is 2.62. The maximum Gasteiger partial charge on any atom is 0.150 e. The Balaban J connectivity index is 2.52. The lowest BCUT2D eigenvalue weighted by Gasteiger charge is -2.00. The summed E-state index contributed by atoms with van der Waals surface area (Å²) < 4.78 is 15.5. The normalized spacial score (nSPS) is 10.5. The summed E-state index contributed by atoms with van der Waals surface area (Å²) in [5, 5.41) is 4.30. The van der Waals surface area contributed by atoms with Gasteiger partial charge in [-0.05, 0) is 38.3 Å². The van der Waals surface area contributed by atoms with E-state index < -0.39 is 0 Å². The minimum atomic E-state index is -0.263. The van der Waals surface area contributed by atoms with Gasteiger partial charge in [0.05, 0.1) is 5.69 Å².